The van der Waals surface area contributed by atoms with Gasteiger partial charge >= 0.3 is 0 Å². The Morgan fingerprint density at radius 2 is 1.88 bits per heavy atom. The summed E-state index contributed by atoms with van der Waals surface area (Å²) in [6, 6.07) is 0. The van der Waals surface area contributed by atoms with Crippen molar-refractivity contribution >= 4 is 5.78 Å². The van der Waals surface area contributed by atoms with E-state index in [0.29, 0.717) is 12.2 Å². The zero-order valence-corrected chi connectivity index (χ0v) is 10.5. The van der Waals surface area contributed by atoms with Crippen LogP contribution < -0.4 is 0 Å². The van der Waals surface area contributed by atoms with Crippen molar-refractivity contribution < 1.29 is 15.0 Å². The van der Waals surface area contributed by atoms with Crippen LogP contribution in [-0.4, -0.2) is 29.2 Å². The molecule has 1 spiro atoms. The summed E-state index contributed by atoms with van der Waals surface area (Å²) in [6.07, 6.45) is 7.81. The summed E-state index contributed by atoms with van der Waals surface area (Å²) < 4.78 is 0. The van der Waals surface area contributed by atoms with Crippen LogP contribution in [0.2, 0.25) is 0 Å². The lowest BCUT2D eigenvalue weighted by Crippen LogP contribution is -2.37. The van der Waals surface area contributed by atoms with Gasteiger partial charge in [-0.1, -0.05) is 19.3 Å². The summed E-state index contributed by atoms with van der Waals surface area (Å²) in [4.78, 5) is 12.6. The Bertz CT molecular complexity index is 269. The molecule has 0 aromatic carbocycles. The van der Waals surface area contributed by atoms with E-state index in [1.165, 1.54) is 6.42 Å². The van der Waals surface area contributed by atoms with Crippen LogP contribution in [0.3, 0.4) is 0 Å². The Morgan fingerprint density at radius 1 is 1.18 bits per heavy atom. The SMILES string of the molecule is O=C1C(CCCO)C[C@H](CO)C12CCCCC2. The summed E-state index contributed by atoms with van der Waals surface area (Å²) in [7, 11) is 0. The van der Waals surface area contributed by atoms with Gasteiger partial charge in [-0.25, -0.2) is 0 Å². The lowest BCUT2D eigenvalue weighted by molar-refractivity contribution is -0.132. The monoisotopic (exact) mass is 240 g/mol. The van der Waals surface area contributed by atoms with Crippen LogP contribution in [0.1, 0.15) is 51.4 Å². The van der Waals surface area contributed by atoms with E-state index in [0.717, 1.165) is 38.5 Å². The van der Waals surface area contributed by atoms with Crippen LogP contribution in [0.15, 0.2) is 0 Å². The van der Waals surface area contributed by atoms with E-state index in [1.54, 1.807) is 0 Å². The van der Waals surface area contributed by atoms with Crippen molar-refractivity contribution in [1.29, 1.82) is 0 Å². The number of carbonyl (C=O) groups is 1. The minimum atomic E-state index is -0.201. The fourth-order valence-corrected chi connectivity index (χ4v) is 3.96. The highest BCUT2D eigenvalue weighted by atomic mass is 16.3. The van der Waals surface area contributed by atoms with E-state index in [1.807, 2.05) is 0 Å². The number of hydrogen-bond donors (Lipinski definition) is 2. The molecule has 2 aliphatic rings. The molecule has 3 heteroatoms. The lowest BCUT2D eigenvalue weighted by atomic mass is 9.67. The molecule has 0 aromatic heterocycles. The first kappa shape index (κ1) is 13.0. The third-order valence-electron chi connectivity index (χ3n) is 4.89. The van der Waals surface area contributed by atoms with Gasteiger partial charge in [-0.05, 0) is 38.0 Å². The van der Waals surface area contributed by atoms with Gasteiger partial charge in [0.2, 0.25) is 0 Å². The fourth-order valence-electron chi connectivity index (χ4n) is 3.96. The molecule has 2 rings (SSSR count). The number of ketones is 1. The van der Waals surface area contributed by atoms with E-state index in [9.17, 15) is 9.90 Å². The predicted molar refractivity (Wildman–Crippen MR) is 65.5 cm³/mol. The Labute approximate surface area is 103 Å². The highest BCUT2D eigenvalue weighted by Gasteiger charge is 2.53. The molecular formula is C14H24O3. The van der Waals surface area contributed by atoms with Crippen LogP contribution in [0, 0.1) is 17.3 Å². The fraction of sp³-hybridized carbons (Fsp3) is 0.929. The zero-order chi connectivity index (χ0) is 12.3. The van der Waals surface area contributed by atoms with E-state index in [-0.39, 0.29) is 30.5 Å². The van der Waals surface area contributed by atoms with Crippen molar-refractivity contribution in [2.24, 2.45) is 17.3 Å². The Kier molecular flexibility index (Phi) is 4.21. The average Bonchev–Trinajstić information content (AvgIpc) is 2.62. The topological polar surface area (TPSA) is 57.5 Å². The average molecular weight is 240 g/mol. The Balaban J connectivity index is 2.10. The largest absolute Gasteiger partial charge is 0.396 e. The van der Waals surface area contributed by atoms with Crippen molar-refractivity contribution in [3.63, 3.8) is 0 Å². The molecule has 2 saturated carbocycles. The third kappa shape index (κ3) is 2.27. The van der Waals surface area contributed by atoms with Crippen molar-refractivity contribution in [3.8, 4) is 0 Å². The molecule has 3 nitrogen and oxygen atoms in total. The molecule has 2 fully saturated rings. The molecule has 0 saturated heterocycles. The molecule has 0 radical (unpaired) electrons. The van der Waals surface area contributed by atoms with E-state index >= 15 is 0 Å². The molecule has 0 amide bonds. The Morgan fingerprint density at radius 3 is 2.47 bits per heavy atom. The molecule has 0 aliphatic heterocycles. The van der Waals surface area contributed by atoms with Gasteiger partial charge in [0.1, 0.15) is 5.78 Å². The van der Waals surface area contributed by atoms with Gasteiger partial charge in [-0.3, -0.25) is 4.79 Å². The van der Waals surface area contributed by atoms with E-state index in [4.69, 9.17) is 5.11 Å². The molecule has 0 bridgehead atoms. The summed E-state index contributed by atoms with van der Waals surface area (Å²) in [6.45, 7) is 0.321. The quantitative estimate of drug-likeness (QED) is 0.789. The van der Waals surface area contributed by atoms with Crippen molar-refractivity contribution in [2.75, 3.05) is 13.2 Å². The second kappa shape index (κ2) is 5.49. The standard InChI is InChI=1S/C14H24O3/c15-8-4-5-11-9-12(10-16)14(13(11)17)6-2-1-3-7-14/h11-12,15-16H,1-10H2/t11?,12-/m1/s1. The molecule has 2 N–H and O–H groups in total. The van der Waals surface area contributed by atoms with Crippen LogP contribution in [-0.2, 0) is 4.79 Å². The van der Waals surface area contributed by atoms with Crippen molar-refractivity contribution in [3.05, 3.63) is 0 Å². The summed E-state index contributed by atoms with van der Waals surface area (Å²) in [5, 5.41) is 18.4. The Hall–Kier alpha value is -0.410. The molecule has 98 valence electrons. The number of carbonyl (C=O) groups excluding carboxylic acids is 1. The summed E-state index contributed by atoms with van der Waals surface area (Å²) in [5.41, 5.74) is -0.201. The van der Waals surface area contributed by atoms with Crippen molar-refractivity contribution in [2.45, 2.75) is 51.4 Å². The maximum absolute atomic E-state index is 12.6. The minimum Gasteiger partial charge on any atom is -0.396 e. The molecule has 2 aliphatic carbocycles. The normalized spacial score (nSPS) is 32.2. The van der Waals surface area contributed by atoms with Crippen LogP contribution in [0.5, 0.6) is 0 Å². The molecule has 2 atom stereocenters. The van der Waals surface area contributed by atoms with Crippen LogP contribution >= 0.6 is 0 Å². The van der Waals surface area contributed by atoms with Crippen molar-refractivity contribution in [1.82, 2.24) is 0 Å². The first-order chi connectivity index (χ1) is 8.24. The van der Waals surface area contributed by atoms with Gasteiger partial charge < -0.3 is 10.2 Å². The summed E-state index contributed by atoms with van der Waals surface area (Å²) in [5.74, 6) is 0.668. The van der Waals surface area contributed by atoms with Crippen LogP contribution in [0.4, 0.5) is 0 Å². The predicted octanol–water partition coefficient (Wildman–Crippen LogP) is 1.91. The third-order valence-corrected chi connectivity index (χ3v) is 4.89. The van der Waals surface area contributed by atoms with Gasteiger partial charge in [0, 0.05) is 24.5 Å². The van der Waals surface area contributed by atoms with Gasteiger partial charge in [0.05, 0.1) is 0 Å². The van der Waals surface area contributed by atoms with Gasteiger partial charge in [-0.15, -0.1) is 0 Å². The number of aliphatic hydroxyl groups is 2. The minimum absolute atomic E-state index is 0.0948. The molecular weight excluding hydrogens is 216 g/mol. The lowest BCUT2D eigenvalue weighted by Gasteiger charge is -2.36. The van der Waals surface area contributed by atoms with Gasteiger partial charge in [0.15, 0.2) is 0 Å². The number of rotatable bonds is 4. The maximum atomic E-state index is 12.6. The maximum Gasteiger partial charge on any atom is 0.142 e. The number of hydrogen-bond acceptors (Lipinski definition) is 3. The first-order valence-electron chi connectivity index (χ1n) is 7.00. The molecule has 17 heavy (non-hydrogen) atoms. The zero-order valence-electron chi connectivity index (χ0n) is 10.5. The highest BCUT2D eigenvalue weighted by molar-refractivity contribution is 5.89. The first-order valence-corrected chi connectivity index (χ1v) is 7.00. The van der Waals surface area contributed by atoms with Gasteiger partial charge in [0.25, 0.3) is 0 Å². The molecule has 0 heterocycles. The second-order valence-corrected chi connectivity index (χ2v) is 5.76. The second-order valence-electron chi connectivity index (χ2n) is 5.76. The smallest absolute Gasteiger partial charge is 0.142 e. The number of aliphatic hydroxyl groups excluding tert-OH is 2. The van der Waals surface area contributed by atoms with E-state index < -0.39 is 0 Å². The summed E-state index contributed by atoms with van der Waals surface area (Å²) >= 11 is 0. The van der Waals surface area contributed by atoms with Crippen LogP contribution in [0.25, 0.3) is 0 Å². The van der Waals surface area contributed by atoms with Gasteiger partial charge in [-0.2, -0.15) is 0 Å². The van der Waals surface area contributed by atoms with E-state index in [2.05, 4.69) is 0 Å². The highest BCUT2D eigenvalue weighted by Crippen LogP contribution is 2.53. The molecule has 1 unspecified atom stereocenters. The number of Topliss-reactive ketones (excluding diaryl/α,β-unsaturated/α-hetero) is 1. The molecule has 0 aromatic rings.